The Morgan fingerprint density at radius 3 is 2.59 bits per heavy atom. The van der Waals surface area contributed by atoms with Gasteiger partial charge in [-0.2, -0.15) is 5.10 Å². The average Bonchev–Trinajstić information content (AvgIpc) is 3.17. The molecule has 0 saturated heterocycles. The van der Waals surface area contributed by atoms with E-state index in [-0.39, 0.29) is 0 Å². The summed E-state index contributed by atoms with van der Waals surface area (Å²) >= 11 is 0. The molecule has 1 amide bonds. The van der Waals surface area contributed by atoms with Gasteiger partial charge in [-0.15, -0.1) is 0 Å². The summed E-state index contributed by atoms with van der Waals surface area (Å²) in [7, 11) is 0. The molecule has 134 valence electrons. The van der Waals surface area contributed by atoms with Crippen LogP contribution in [-0.2, 0) is 11.2 Å². The number of fused-ring (bicyclic) bond motifs is 1. The number of carbonyl (C=O) groups excluding carboxylic acids is 1. The summed E-state index contributed by atoms with van der Waals surface area (Å²) in [6.07, 6.45) is 7.19. The fourth-order valence-corrected chi connectivity index (χ4v) is 3.16. The number of pyridine rings is 2. The van der Waals surface area contributed by atoms with Gasteiger partial charge in [-0.3, -0.25) is 24.7 Å². The standard InChI is InChI=1S/C20H17N5O2/c26-20(24-27)18(12-14-4-2-1-3-5-14)25-17-8-11-22-19(16(17)13-23-25)15-6-9-21-10-7-15/h1-11,13,18,27H,12H2,(H,24,26). The van der Waals surface area contributed by atoms with Crippen molar-refractivity contribution in [3.63, 3.8) is 0 Å². The third kappa shape index (κ3) is 3.28. The van der Waals surface area contributed by atoms with E-state index in [9.17, 15) is 10.0 Å². The van der Waals surface area contributed by atoms with Gasteiger partial charge in [-0.05, 0) is 23.8 Å². The minimum absolute atomic E-state index is 0.400. The fraction of sp³-hybridized carbons (Fsp3) is 0.100. The van der Waals surface area contributed by atoms with Crippen LogP contribution in [0.15, 0.2) is 73.3 Å². The maximum absolute atomic E-state index is 12.4. The number of rotatable bonds is 5. The van der Waals surface area contributed by atoms with Gasteiger partial charge in [-0.1, -0.05) is 30.3 Å². The smallest absolute Gasteiger partial charge is 0.268 e. The van der Waals surface area contributed by atoms with Gasteiger partial charge in [0.15, 0.2) is 0 Å². The molecule has 2 N–H and O–H groups in total. The first-order valence-electron chi connectivity index (χ1n) is 8.48. The normalized spacial score (nSPS) is 12.0. The van der Waals surface area contributed by atoms with Crippen LogP contribution < -0.4 is 5.48 Å². The van der Waals surface area contributed by atoms with E-state index < -0.39 is 11.9 Å². The molecule has 3 aromatic heterocycles. The summed E-state index contributed by atoms with van der Waals surface area (Å²) in [6.45, 7) is 0. The van der Waals surface area contributed by atoms with Crippen molar-refractivity contribution in [2.75, 3.05) is 0 Å². The van der Waals surface area contributed by atoms with Crippen molar-refractivity contribution in [2.24, 2.45) is 0 Å². The van der Waals surface area contributed by atoms with Gasteiger partial charge < -0.3 is 0 Å². The number of nitrogens with zero attached hydrogens (tertiary/aromatic N) is 4. The van der Waals surface area contributed by atoms with Crippen molar-refractivity contribution in [2.45, 2.75) is 12.5 Å². The van der Waals surface area contributed by atoms with Gasteiger partial charge in [0, 0.05) is 36.0 Å². The van der Waals surface area contributed by atoms with Crippen LogP contribution in [0.25, 0.3) is 22.2 Å². The Balaban J connectivity index is 1.80. The molecular weight excluding hydrogens is 342 g/mol. The molecule has 7 heteroatoms. The maximum Gasteiger partial charge on any atom is 0.268 e. The van der Waals surface area contributed by atoms with Crippen LogP contribution in [0.5, 0.6) is 0 Å². The minimum atomic E-state index is -0.692. The highest BCUT2D eigenvalue weighted by atomic mass is 16.5. The molecule has 0 bridgehead atoms. The molecule has 4 aromatic rings. The molecule has 0 radical (unpaired) electrons. The SMILES string of the molecule is O=C(NO)C(Cc1ccccc1)n1ncc2c(-c3ccncc3)nccc21. The molecule has 1 unspecified atom stereocenters. The molecule has 7 nitrogen and oxygen atoms in total. The number of nitrogens with one attached hydrogen (secondary N) is 1. The molecular formula is C20H17N5O2. The number of benzene rings is 1. The Bertz CT molecular complexity index is 1060. The van der Waals surface area contributed by atoms with E-state index in [1.807, 2.05) is 48.5 Å². The van der Waals surface area contributed by atoms with Crippen LogP contribution in [-0.4, -0.2) is 30.9 Å². The zero-order chi connectivity index (χ0) is 18.6. The van der Waals surface area contributed by atoms with Crippen molar-refractivity contribution in [3.8, 4) is 11.3 Å². The summed E-state index contributed by atoms with van der Waals surface area (Å²) in [5.41, 5.74) is 5.18. The number of hydrogen-bond acceptors (Lipinski definition) is 5. The average molecular weight is 359 g/mol. The first kappa shape index (κ1) is 16.9. The zero-order valence-electron chi connectivity index (χ0n) is 14.4. The van der Waals surface area contributed by atoms with E-state index in [4.69, 9.17) is 0 Å². The number of hydrogen-bond donors (Lipinski definition) is 2. The van der Waals surface area contributed by atoms with Gasteiger partial charge in [0.05, 0.1) is 17.4 Å². The molecule has 0 aliphatic carbocycles. The largest absolute Gasteiger partial charge is 0.289 e. The Labute approximate surface area is 155 Å². The molecule has 0 aliphatic heterocycles. The van der Waals surface area contributed by atoms with Crippen LogP contribution in [0.3, 0.4) is 0 Å². The zero-order valence-corrected chi connectivity index (χ0v) is 14.4. The Morgan fingerprint density at radius 2 is 1.85 bits per heavy atom. The van der Waals surface area contributed by atoms with Crippen LogP contribution in [0.2, 0.25) is 0 Å². The number of amides is 1. The number of carbonyl (C=O) groups is 1. The fourth-order valence-electron chi connectivity index (χ4n) is 3.16. The number of aromatic nitrogens is 4. The second-order valence-electron chi connectivity index (χ2n) is 6.10. The Kier molecular flexibility index (Phi) is 4.59. The highest BCUT2D eigenvalue weighted by Crippen LogP contribution is 2.28. The van der Waals surface area contributed by atoms with Crippen molar-refractivity contribution in [1.29, 1.82) is 0 Å². The van der Waals surface area contributed by atoms with Crippen LogP contribution in [0, 0.1) is 0 Å². The van der Waals surface area contributed by atoms with Gasteiger partial charge in [0.2, 0.25) is 0 Å². The van der Waals surface area contributed by atoms with Crippen molar-refractivity contribution in [1.82, 2.24) is 25.2 Å². The van der Waals surface area contributed by atoms with E-state index in [0.717, 1.165) is 27.7 Å². The molecule has 4 rings (SSSR count). The second kappa shape index (κ2) is 7.35. The monoisotopic (exact) mass is 359 g/mol. The highest BCUT2D eigenvalue weighted by molar-refractivity contribution is 5.93. The van der Waals surface area contributed by atoms with Crippen LogP contribution >= 0.6 is 0 Å². The molecule has 0 fully saturated rings. The molecule has 1 atom stereocenters. The van der Waals surface area contributed by atoms with Crippen LogP contribution in [0.1, 0.15) is 11.6 Å². The lowest BCUT2D eigenvalue weighted by Gasteiger charge is -2.17. The summed E-state index contributed by atoms with van der Waals surface area (Å²) in [5, 5.41) is 14.5. The first-order valence-corrected chi connectivity index (χ1v) is 8.48. The molecule has 3 heterocycles. The molecule has 0 saturated carbocycles. The third-order valence-electron chi connectivity index (χ3n) is 4.46. The summed E-state index contributed by atoms with van der Waals surface area (Å²) in [4.78, 5) is 20.9. The number of hydroxylamine groups is 1. The van der Waals surface area contributed by atoms with Crippen molar-refractivity contribution >= 4 is 16.8 Å². The molecule has 0 spiro atoms. The van der Waals surface area contributed by atoms with Gasteiger partial charge in [0.25, 0.3) is 5.91 Å². The van der Waals surface area contributed by atoms with Crippen LogP contribution in [0.4, 0.5) is 0 Å². The Morgan fingerprint density at radius 1 is 1.07 bits per heavy atom. The van der Waals surface area contributed by atoms with Crippen molar-refractivity contribution < 1.29 is 10.0 Å². The van der Waals surface area contributed by atoms with E-state index in [1.165, 1.54) is 0 Å². The van der Waals surface area contributed by atoms with E-state index in [0.29, 0.717) is 6.42 Å². The van der Waals surface area contributed by atoms with E-state index >= 15 is 0 Å². The lowest BCUT2D eigenvalue weighted by Crippen LogP contribution is -2.32. The maximum atomic E-state index is 12.4. The quantitative estimate of drug-likeness (QED) is 0.422. The third-order valence-corrected chi connectivity index (χ3v) is 4.46. The van der Waals surface area contributed by atoms with Gasteiger partial charge in [-0.25, -0.2) is 5.48 Å². The summed E-state index contributed by atoms with van der Waals surface area (Å²) < 4.78 is 1.63. The van der Waals surface area contributed by atoms with Gasteiger partial charge in [0.1, 0.15) is 6.04 Å². The predicted octanol–water partition coefficient (Wildman–Crippen LogP) is 2.78. The lowest BCUT2D eigenvalue weighted by atomic mass is 10.1. The van der Waals surface area contributed by atoms with E-state index in [2.05, 4.69) is 15.1 Å². The first-order chi connectivity index (χ1) is 13.3. The minimum Gasteiger partial charge on any atom is -0.289 e. The second-order valence-corrected chi connectivity index (χ2v) is 6.10. The Hall–Kier alpha value is -3.58. The topological polar surface area (TPSA) is 92.9 Å². The predicted molar refractivity (Wildman–Crippen MR) is 99.9 cm³/mol. The lowest BCUT2D eigenvalue weighted by molar-refractivity contribution is -0.132. The summed E-state index contributed by atoms with van der Waals surface area (Å²) in [6, 6.07) is 14.5. The van der Waals surface area contributed by atoms with Gasteiger partial charge >= 0.3 is 0 Å². The molecule has 1 aromatic carbocycles. The van der Waals surface area contributed by atoms with Crippen molar-refractivity contribution in [3.05, 3.63) is 78.9 Å². The highest BCUT2D eigenvalue weighted by Gasteiger charge is 2.24. The summed E-state index contributed by atoms with van der Waals surface area (Å²) in [5.74, 6) is -0.522. The molecule has 0 aliphatic rings. The van der Waals surface area contributed by atoms with E-state index in [1.54, 1.807) is 34.9 Å². The molecule has 27 heavy (non-hydrogen) atoms.